The van der Waals surface area contributed by atoms with E-state index in [9.17, 15) is 4.79 Å². The predicted octanol–water partition coefficient (Wildman–Crippen LogP) is 2.05. The summed E-state index contributed by atoms with van der Waals surface area (Å²) in [5.41, 5.74) is 6.30. The Morgan fingerprint density at radius 3 is 2.78 bits per heavy atom. The van der Waals surface area contributed by atoms with Crippen LogP contribution in [-0.2, 0) is 11.3 Å². The third-order valence-electron chi connectivity index (χ3n) is 2.62. The summed E-state index contributed by atoms with van der Waals surface area (Å²) < 4.78 is 5.26. The second kappa shape index (κ2) is 7.24. The third-order valence-corrected chi connectivity index (χ3v) is 2.86. The highest BCUT2D eigenvalue weighted by Gasteiger charge is 2.14. The Kier molecular flexibility index (Phi) is 5.95. The monoisotopic (exact) mass is 270 g/mol. The molecule has 0 aromatic heterocycles. The van der Waals surface area contributed by atoms with Gasteiger partial charge in [-0.2, -0.15) is 0 Å². The Bertz CT molecular complexity index is 410. The summed E-state index contributed by atoms with van der Waals surface area (Å²) in [4.78, 5) is 13.4. The lowest BCUT2D eigenvalue weighted by Crippen LogP contribution is -2.36. The number of nitrogens with zero attached hydrogens (tertiary/aromatic N) is 1. The van der Waals surface area contributed by atoms with E-state index in [2.05, 4.69) is 0 Å². The molecule has 1 aromatic rings. The van der Waals surface area contributed by atoms with Crippen molar-refractivity contribution >= 4 is 17.5 Å². The van der Waals surface area contributed by atoms with Crippen LogP contribution >= 0.6 is 11.6 Å². The zero-order valence-electron chi connectivity index (χ0n) is 10.8. The van der Waals surface area contributed by atoms with Crippen molar-refractivity contribution in [2.75, 3.05) is 20.2 Å². The van der Waals surface area contributed by atoms with Gasteiger partial charge in [-0.3, -0.25) is 4.79 Å². The molecule has 4 nitrogen and oxygen atoms in total. The number of hydrogen-bond donors (Lipinski definition) is 1. The van der Waals surface area contributed by atoms with E-state index in [1.165, 1.54) is 0 Å². The van der Waals surface area contributed by atoms with Gasteiger partial charge in [0.25, 0.3) is 0 Å². The molecule has 0 heterocycles. The van der Waals surface area contributed by atoms with Crippen LogP contribution in [0.15, 0.2) is 18.2 Å². The van der Waals surface area contributed by atoms with Crippen LogP contribution in [0.2, 0.25) is 5.02 Å². The van der Waals surface area contributed by atoms with Crippen molar-refractivity contribution in [3.05, 3.63) is 28.8 Å². The lowest BCUT2D eigenvalue weighted by Gasteiger charge is -2.22. The topological polar surface area (TPSA) is 55.6 Å². The van der Waals surface area contributed by atoms with Crippen molar-refractivity contribution in [3.8, 4) is 5.75 Å². The molecule has 1 rings (SSSR count). The van der Waals surface area contributed by atoms with Gasteiger partial charge in [0.1, 0.15) is 5.75 Å². The molecule has 1 amide bonds. The number of halogens is 1. The van der Waals surface area contributed by atoms with Gasteiger partial charge in [-0.15, -0.1) is 0 Å². The van der Waals surface area contributed by atoms with Gasteiger partial charge in [0.2, 0.25) is 5.91 Å². The van der Waals surface area contributed by atoms with Crippen molar-refractivity contribution in [2.45, 2.75) is 19.9 Å². The van der Waals surface area contributed by atoms with Crippen molar-refractivity contribution in [2.24, 2.45) is 5.73 Å². The van der Waals surface area contributed by atoms with Crippen molar-refractivity contribution in [3.63, 3.8) is 0 Å². The van der Waals surface area contributed by atoms with E-state index in [-0.39, 0.29) is 12.5 Å². The Morgan fingerprint density at radius 2 is 2.22 bits per heavy atom. The molecule has 0 aliphatic rings. The molecule has 0 aliphatic carbocycles. The summed E-state index contributed by atoms with van der Waals surface area (Å²) in [6.45, 7) is 3.17. The van der Waals surface area contributed by atoms with Gasteiger partial charge in [0.15, 0.2) is 0 Å². The lowest BCUT2D eigenvalue weighted by atomic mass is 10.2. The van der Waals surface area contributed by atoms with Crippen LogP contribution < -0.4 is 10.5 Å². The highest BCUT2D eigenvalue weighted by atomic mass is 35.5. The maximum atomic E-state index is 11.7. The average molecular weight is 271 g/mol. The molecular weight excluding hydrogens is 252 g/mol. The van der Waals surface area contributed by atoms with Gasteiger partial charge in [0, 0.05) is 23.7 Å². The number of hydrogen-bond acceptors (Lipinski definition) is 3. The first kappa shape index (κ1) is 14.8. The number of benzene rings is 1. The molecule has 1 aromatic carbocycles. The third kappa shape index (κ3) is 3.89. The van der Waals surface area contributed by atoms with Crippen LogP contribution in [0.3, 0.4) is 0 Å². The minimum atomic E-state index is -0.0705. The highest BCUT2D eigenvalue weighted by Crippen LogP contribution is 2.24. The molecule has 18 heavy (non-hydrogen) atoms. The van der Waals surface area contributed by atoms with Crippen LogP contribution in [0.1, 0.15) is 18.9 Å². The molecule has 5 heteroatoms. The molecule has 0 fully saturated rings. The average Bonchev–Trinajstić information content (AvgIpc) is 2.37. The van der Waals surface area contributed by atoms with Gasteiger partial charge in [-0.25, -0.2) is 0 Å². The largest absolute Gasteiger partial charge is 0.496 e. The van der Waals surface area contributed by atoms with Gasteiger partial charge in [-0.05, 0) is 24.6 Å². The molecule has 2 N–H and O–H groups in total. The van der Waals surface area contributed by atoms with Gasteiger partial charge in [-0.1, -0.05) is 18.5 Å². The zero-order chi connectivity index (χ0) is 13.5. The van der Waals surface area contributed by atoms with Gasteiger partial charge >= 0.3 is 0 Å². The molecule has 100 valence electrons. The fourth-order valence-electron chi connectivity index (χ4n) is 1.77. The minimum Gasteiger partial charge on any atom is -0.496 e. The molecule has 0 spiro atoms. The molecule has 0 bridgehead atoms. The first-order chi connectivity index (χ1) is 8.62. The number of nitrogens with two attached hydrogens (primary N) is 1. The molecule has 0 unspecified atom stereocenters. The van der Waals surface area contributed by atoms with Crippen molar-refractivity contribution < 1.29 is 9.53 Å². The Labute approximate surface area is 113 Å². The molecular formula is C13H19ClN2O2. The summed E-state index contributed by atoms with van der Waals surface area (Å²) >= 11 is 5.96. The second-order valence-corrected chi connectivity index (χ2v) is 4.41. The number of carbonyl (C=O) groups is 1. The predicted molar refractivity (Wildman–Crippen MR) is 72.8 cm³/mol. The maximum absolute atomic E-state index is 11.7. The van der Waals surface area contributed by atoms with Crippen LogP contribution in [-0.4, -0.2) is 31.0 Å². The van der Waals surface area contributed by atoms with E-state index in [1.807, 2.05) is 13.0 Å². The number of carbonyl (C=O) groups excluding carboxylic acids is 1. The smallest absolute Gasteiger partial charge is 0.236 e. The molecule has 0 radical (unpaired) electrons. The normalized spacial score (nSPS) is 10.2. The molecule has 0 atom stereocenters. The second-order valence-electron chi connectivity index (χ2n) is 3.98. The Hall–Kier alpha value is -1.26. The number of methoxy groups -OCH3 is 1. The standard InChI is InChI=1S/C13H19ClN2O2/c1-3-6-16(13(17)8-15)9-10-7-11(14)4-5-12(10)18-2/h4-5,7H,3,6,8-9,15H2,1-2H3. The van der Waals surface area contributed by atoms with E-state index >= 15 is 0 Å². The summed E-state index contributed by atoms with van der Waals surface area (Å²) in [6, 6.07) is 5.38. The number of ether oxygens (including phenoxy) is 1. The van der Waals surface area contributed by atoms with Crippen LogP contribution in [0, 0.1) is 0 Å². The van der Waals surface area contributed by atoms with Crippen molar-refractivity contribution in [1.82, 2.24) is 4.90 Å². The van der Waals surface area contributed by atoms with Gasteiger partial charge in [0.05, 0.1) is 13.7 Å². The number of rotatable bonds is 6. The number of amides is 1. The molecule has 0 aliphatic heterocycles. The summed E-state index contributed by atoms with van der Waals surface area (Å²) in [7, 11) is 1.60. The van der Waals surface area contributed by atoms with E-state index in [0.29, 0.717) is 18.1 Å². The quantitative estimate of drug-likeness (QED) is 0.861. The lowest BCUT2D eigenvalue weighted by molar-refractivity contribution is -0.130. The highest BCUT2D eigenvalue weighted by molar-refractivity contribution is 6.30. The van der Waals surface area contributed by atoms with E-state index < -0.39 is 0 Å². The minimum absolute atomic E-state index is 0.0167. The fraction of sp³-hybridized carbons (Fsp3) is 0.462. The summed E-state index contributed by atoms with van der Waals surface area (Å²) in [5, 5.41) is 0.627. The fourth-order valence-corrected chi connectivity index (χ4v) is 1.96. The van der Waals surface area contributed by atoms with Crippen LogP contribution in [0.4, 0.5) is 0 Å². The first-order valence-electron chi connectivity index (χ1n) is 5.92. The summed E-state index contributed by atoms with van der Waals surface area (Å²) in [5.74, 6) is 0.657. The molecule has 0 saturated carbocycles. The SMILES string of the molecule is CCCN(Cc1cc(Cl)ccc1OC)C(=O)CN. The maximum Gasteiger partial charge on any atom is 0.236 e. The zero-order valence-corrected chi connectivity index (χ0v) is 11.5. The van der Waals surface area contributed by atoms with Crippen LogP contribution in [0.25, 0.3) is 0 Å². The van der Waals surface area contributed by atoms with Crippen LogP contribution in [0.5, 0.6) is 5.75 Å². The van der Waals surface area contributed by atoms with Crippen molar-refractivity contribution in [1.29, 1.82) is 0 Å². The van der Waals surface area contributed by atoms with E-state index in [4.69, 9.17) is 22.1 Å². The van der Waals surface area contributed by atoms with E-state index in [0.717, 1.165) is 17.7 Å². The summed E-state index contributed by atoms with van der Waals surface area (Å²) in [6.07, 6.45) is 0.884. The Morgan fingerprint density at radius 1 is 1.50 bits per heavy atom. The van der Waals surface area contributed by atoms with E-state index in [1.54, 1.807) is 24.1 Å². The first-order valence-corrected chi connectivity index (χ1v) is 6.30. The Balaban J connectivity index is 2.91. The van der Waals surface area contributed by atoms with Gasteiger partial charge < -0.3 is 15.4 Å². The molecule has 0 saturated heterocycles.